The number of hydrogen-bond donors (Lipinski definition) is 0. The van der Waals surface area contributed by atoms with Crippen molar-refractivity contribution in [3.8, 4) is 0 Å². The van der Waals surface area contributed by atoms with Crippen LogP contribution in [0.15, 0.2) is 10.7 Å². The zero-order valence-corrected chi connectivity index (χ0v) is 9.22. The molecule has 0 bridgehead atoms. The van der Waals surface area contributed by atoms with E-state index < -0.39 is 0 Å². The third-order valence-electron chi connectivity index (χ3n) is 1.64. The first kappa shape index (κ1) is 9.65. The Labute approximate surface area is 81.6 Å². The molecule has 0 N–H and O–H groups in total. The molecule has 66 valence electrons. The van der Waals surface area contributed by atoms with Gasteiger partial charge in [-0.1, -0.05) is 20.8 Å². The summed E-state index contributed by atoms with van der Waals surface area (Å²) in [6, 6.07) is 1.96. The second-order valence-electron chi connectivity index (χ2n) is 3.05. The summed E-state index contributed by atoms with van der Waals surface area (Å²) in [5.41, 5.74) is 1.10. The Morgan fingerprint density at radius 3 is 2.58 bits per heavy atom. The molecule has 2 nitrogen and oxygen atoms in total. The summed E-state index contributed by atoms with van der Waals surface area (Å²) in [5.74, 6) is 1.31. The van der Waals surface area contributed by atoms with Gasteiger partial charge in [-0.2, -0.15) is 0 Å². The number of aryl methyl sites for hydroxylation is 1. The first-order chi connectivity index (χ1) is 5.63. The van der Waals surface area contributed by atoms with Crippen LogP contribution in [0.25, 0.3) is 0 Å². The summed E-state index contributed by atoms with van der Waals surface area (Å²) in [7, 11) is 0. The molecule has 12 heavy (non-hydrogen) atoms. The lowest BCUT2D eigenvalue weighted by Gasteiger charge is -2.05. The van der Waals surface area contributed by atoms with E-state index in [9.17, 15) is 0 Å². The van der Waals surface area contributed by atoms with Crippen LogP contribution in [0.3, 0.4) is 0 Å². The lowest BCUT2D eigenvalue weighted by Crippen LogP contribution is -2.00. The van der Waals surface area contributed by atoms with Crippen LogP contribution in [0.2, 0.25) is 0 Å². The molecule has 1 aromatic rings. The Morgan fingerprint density at radius 2 is 2.08 bits per heavy atom. The fourth-order valence-electron chi connectivity index (χ4n) is 0.923. The normalized spacial score (nSPS) is 10.8. The number of nitrogens with zero attached hydrogens (tertiary/aromatic N) is 2. The van der Waals surface area contributed by atoms with Crippen molar-refractivity contribution in [2.75, 3.05) is 0 Å². The molecule has 1 rings (SSSR count). The van der Waals surface area contributed by atoms with Crippen LogP contribution < -0.4 is 0 Å². The fourth-order valence-corrected chi connectivity index (χ4v) is 1.37. The molecule has 1 aromatic heterocycles. The molecule has 1 heterocycles. The standard InChI is InChI=1S/C9H13BrN2/c1-4-7-5-8(10)12-9(11-7)6(2)3/h5-6H,4H2,1-3H3. The van der Waals surface area contributed by atoms with E-state index in [1.807, 2.05) is 6.07 Å². The van der Waals surface area contributed by atoms with E-state index in [1.165, 1.54) is 0 Å². The van der Waals surface area contributed by atoms with Gasteiger partial charge in [0.2, 0.25) is 0 Å². The molecule has 0 atom stereocenters. The number of hydrogen-bond acceptors (Lipinski definition) is 2. The minimum absolute atomic E-state index is 0.396. The maximum atomic E-state index is 4.41. The van der Waals surface area contributed by atoms with Gasteiger partial charge in [0.15, 0.2) is 0 Å². The van der Waals surface area contributed by atoms with E-state index in [2.05, 4.69) is 46.7 Å². The van der Waals surface area contributed by atoms with Gasteiger partial charge in [0, 0.05) is 11.6 Å². The van der Waals surface area contributed by atoms with E-state index in [0.29, 0.717) is 5.92 Å². The van der Waals surface area contributed by atoms with E-state index >= 15 is 0 Å². The van der Waals surface area contributed by atoms with Crippen molar-refractivity contribution in [3.63, 3.8) is 0 Å². The van der Waals surface area contributed by atoms with Gasteiger partial charge < -0.3 is 0 Å². The zero-order valence-electron chi connectivity index (χ0n) is 7.63. The zero-order chi connectivity index (χ0) is 9.14. The maximum Gasteiger partial charge on any atom is 0.132 e. The first-order valence-corrected chi connectivity index (χ1v) is 4.96. The van der Waals surface area contributed by atoms with E-state index in [4.69, 9.17) is 0 Å². The number of rotatable bonds is 2. The van der Waals surface area contributed by atoms with Crippen molar-refractivity contribution >= 4 is 15.9 Å². The Morgan fingerprint density at radius 1 is 1.42 bits per heavy atom. The third-order valence-corrected chi connectivity index (χ3v) is 2.05. The van der Waals surface area contributed by atoms with Crippen molar-refractivity contribution in [2.45, 2.75) is 33.1 Å². The lowest BCUT2D eigenvalue weighted by atomic mass is 10.2. The Hall–Kier alpha value is -0.440. The molecule has 0 aliphatic heterocycles. The second-order valence-corrected chi connectivity index (χ2v) is 3.86. The molecule has 0 aliphatic rings. The molecule has 0 saturated heterocycles. The van der Waals surface area contributed by atoms with Crippen LogP contribution in [0.1, 0.15) is 38.2 Å². The maximum absolute atomic E-state index is 4.41. The van der Waals surface area contributed by atoms with Crippen LogP contribution in [0.5, 0.6) is 0 Å². The predicted octanol–water partition coefficient (Wildman–Crippen LogP) is 2.92. The minimum atomic E-state index is 0.396. The summed E-state index contributed by atoms with van der Waals surface area (Å²) >= 11 is 3.37. The van der Waals surface area contributed by atoms with Crippen LogP contribution in [-0.2, 0) is 6.42 Å². The van der Waals surface area contributed by atoms with Crippen LogP contribution >= 0.6 is 15.9 Å². The highest BCUT2D eigenvalue weighted by Crippen LogP contribution is 2.14. The van der Waals surface area contributed by atoms with Gasteiger partial charge in [0.25, 0.3) is 0 Å². The SMILES string of the molecule is CCc1cc(Br)nc(C(C)C)n1. The van der Waals surface area contributed by atoms with Crippen LogP contribution in [-0.4, -0.2) is 9.97 Å². The smallest absolute Gasteiger partial charge is 0.132 e. The molecular weight excluding hydrogens is 216 g/mol. The first-order valence-electron chi connectivity index (χ1n) is 4.16. The molecule has 3 heteroatoms. The summed E-state index contributed by atoms with van der Waals surface area (Å²) in [5, 5.41) is 0. The van der Waals surface area contributed by atoms with Crippen molar-refractivity contribution in [1.82, 2.24) is 9.97 Å². The van der Waals surface area contributed by atoms with Gasteiger partial charge in [-0.25, -0.2) is 9.97 Å². The van der Waals surface area contributed by atoms with Gasteiger partial charge in [-0.05, 0) is 28.4 Å². The largest absolute Gasteiger partial charge is 0.238 e. The second kappa shape index (κ2) is 3.99. The Balaban J connectivity index is 3.06. The molecule has 0 aromatic carbocycles. The molecule has 0 amide bonds. The van der Waals surface area contributed by atoms with Crippen molar-refractivity contribution in [2.24, 2.45) is 0 Å². The van der Waals surface area contributed by atoms with Gasteiger partial charge in [-0.3, -0.25) is 0 Å². The molecule has 0 fully saturated rings. The number of halogens is 1. The van der Waals surface area contributed by atoms with Gasteiger partial charge >= 0.3 is 0 Å². The van der Waals surface area contributed by atoms with Crippen molar-refractivity contribution < 1.29 is 0 Å². The highest BCUT2D eigenvalue weighted by molar-refractivity contribution is 9.10. The molecule has 0 aliphatic carbocycles. The summed E-state index contributed by atoms with van der Waals surface area (Å²) in [6.07, 6.45) is 0.959. The average molecular weight is 229 g/mol. The minimum Gasteiger partial charge on any atom is -0.238 e. The van der Waals surface area contributed by atoms with Gasteiger partial charge in [0.05, 0.1) is 0 Å². The van der Waals surface area contributed by atoms with E-state index in [-0.39, 0.29) is 0 Å². The van der Waals surface area contributed by atoms with Crippen LogP contribution in [0.4, 0.5) is 0 Å². The molecule has 0 saturated carbocycles. The average Bonchev–Trinajstić information content (AvgIpc) is 2.03. The van der Waals surface area contributed by atoms with Gasteiger partial charge in [-0.15, -0.1) is 0 Å². The summed E-state index contributed by atoms with van der Waals surface area (Å²) in [6.45, 7) is 6.29. The Kier molecular flexibility index (Phi) is 3.20. The van der Waals surface area contributed by atoms with Gasteiger partial charge in [0.1, 0.15) is 10.4 Å². The third kappa shape index (κ3) is 2.27. The highest BCUT2D eigenvalue weighted by atomic mass is 79.9. The molecule has 0 radical (unpaired) electrons. The van der Waals surface area contributed by atoms with Crippen molar-refractivity contribution in [3.05, 3.63) is 22.2 Å². The quantitative estimate of drug-likeness (QED) is 0.728. The number of aromatic nitrogens is 2. The fraction of sp³-hybridized carbons (Fsp3) is 0.556. The summed E-state index contributed by atoms with van der Waals surface area (Å²) < 4.78 is 0.887. The van der Waals surface area contributed by atoms with E-state index in [0.717, 1.165) is 22.5 Å². The monoisotopic (exact) mass is 228 g/mol. The topological polar surface area (TPSA) is 25.8 Å². The summed E-state index contributed by atoms with van der Waals surface area (Å²) in [4.78, 5) is 8.70. The Bertz CT molecular complexity index is 271. The highest BCUT2D eigenvalue weighted by Gasteiger charge is 2.04. The predicted molar refractivity (Wildman–Crippen MR) is 53.2 cm³/mol. The van der Waals surface area contributed by atoms with E-state index in [1.54, 1.807) is 0 Å². The molecule has 0 unspecified atom stereocenters. The molecule has 0 spiro atoms. The lowest BCUT2D eigenvalue weighted by molar-refractivity contribution is 0.753. The molecular formula is C9H13BrN2. The van der Waals surface area contributed by atoms with Crippen LogP contribution in [0, 0.1) is 0 Å². The van der Waals surface area contributed by atoms with Crippen molar-refractivity contribution in [1.29, 1.82) is 0 Å².